The molecule has 1 atom stereocenters. The second-order valence-electron chi connectivity index (χ2n) is 7.31. The average molecular weight is 366 g/mol. The molecule has 1 fully saturated rings. The maximum Gasteiger partial charge on any atom is 0.227 e. The van der Waals surface area contributed by atoms with Gasteiger partial charge in [-0.1, -0.05) is 24.3 Å². The lowest BCUT2D eigenvalue weighted by molar-refractivity contribution is -0.126. The van der Waals surface area contributed by atoms with E-state index in [1.165, 1.54) is 0 Å². The van der Waals surface area contributed by atoms with E-state index in [1.807, 2.05) is 42.6 Å². The number of piperazine rings is 1. The van der Waals surface area contributed by atoms with E-state index in [9.17, 15) is 4.79 Å². The quantitative estimate of drug-likeness (QED) is 0.893. The van der Waals surface area contributed by atoms with E-state index in [-0.39, 0.29) is 11.8 Å². The number of amides is 1. The summed E-state index contributed by atoms with van der Waals surface area (Å²) in [6.07, 6.45) is 2.55. The van der Waals surface area contributed by atoms with Crippen LogP contribution in [-0.4, -0.2) is 55.6 Å². The Hall–Kier alpha value is -2.60. The van der Waals surface area contributed by atoms with Crippen LogP contribution in [0.4, 0.5) is 5.82 Å². The lowest BCUT2D eigenvalue weighted by atomic mass is 9.96. The molecule has 6 nitrogen and oxygen atoms in total. The number of benzene rings is 1. The summed E-state index contributed by atoms with van der Waals surface area (Å²) >= 11 is 0. The lowest BCUT2D eigenvalue weighted by Crippen LogP contribution is -2.45. The first-order valence-electron chi connectivity index (χ1n) is 9.56. The van der Waals surface area contributed by atoms with Crippen LogP contribution in [0.5, 0.6) is 5.75 Å². The van der Waals surface area contributed by atoms with Crippen molar-refractivity contribution in [3.8, 4) is 5.75 Å². The van der Waals surface area contributed by atoms with Crippen LogP contribution in [-0.2, 0) is 17.8 Å². The zero-order valence-electron chi connectivity index (χ0n) is 15.7. The van der Waals surface area contributed by atoms with E-state index in [0.29, 0.717) is 13.2 Å². The number of carbonyl (C=O) groups excluding carboxylic acids is 1. The summed E-state index contributed by atoms with van der Waals surface area (Å²) in [6, 6.07) is 11.9. The van der Waals surface area contributed by atoms with Gasteiger partial charge in [-0.25, -0.2) is 4.98 Å². The minimum Gasteiger partial charge on any atom is -0.492 e. The van der Waals surface area contributed by atoms with Crippen molar-refractivity contribution < 1.29 is 9.53 Å². The highest BCUT2D eigenvalue weighted by molar-refractivity contribution is 5.79. The zero-order valence-corrected chi connectivity index (χ0v) is 15.7. The summed E-state index contributed by atoms with van der Waals surface area (Å²) in [4.78, 5) is 21.9. The summed E-state index contributed by atoms with van der Waals surface area (Å²) < 4.78 is 5.75. The monoisotopic (exact) mass is 366 g/mol. The number of para-hydroxylation sites is 1. The molecule has 27 heavy (non-hydrogen) atoms. The van der Waals surface area contributed by atoms with Crippen LogP contribution in [0.2, 0.25) is 0 Å². The van der Waals surface area contributed by atoms with E-state index >= 15 is 0 Å². The van der Waals surface area contributed by atoms with Gasteiger partial charge in [-0.2, -0.15) is 0 Å². The third-order valence-electron chi connectivity index (χ3n) is 5.37. The van der Waals surface area contributed by atoms with Crippen LogP contribution < -0.4 is 15.0 Å². The molecule has 0 saturated carbocycles. The number of nitrogens with one attached hydrogen (secondary N) is 1. The Morgan fingerprint density at radius 1 is 1.19 bits per heavy atom. The highest BCUT2D eigenvalue weighted by Gasteiger charge is 2.26. The largest absolute Gasteiger partial charge is 0.492 e. The fourth-order valence-electron chi connectivity index (χ4n) is 3.69. The maximum atomic E-state index is 12.7. The third kappa shape index (κ3) is 4.06. The fourth-order valence-corrected chi connectivity index (χ4v) is 3.69. The van der Waals surface area contributed by atoms with Gasteiger partial charge in [0.2, 0.25) is 5.91 Å². The van der Waals surface area contributed by atoms with Crippen molar-refractivity contribution in [2.75, 3.05) is 44.7 Å². The third-order valence-corrected chi connectivity index (χ3v) is 5.37. The van der Waals surface area contributed by atoms with Gasteiger partial charge in [-0.3, -0.25) is 4.79 Å². The van der Waals surface area contributed by atoms with Crippen LogP contribution in [0, 0.1) is 5.92 Å². The predicted molar refractivity (Wildman–Crippen MR) is 105 cm³/mol. The Bertz CT molecular complexity index is 802. The van der Waals surface area contributed by atoms with Crippen molar-refractivity contribution in [1.29, 1.82) is 0 Å². The number of anilines is 1. The van der Waals surface area contributed by atoms with Crippen molar-refractivity contribution in [1.82, 2.24) is 15.2 Å². The SMILES string of the molecule is CN1CCN(c2ncccc2CNC(=O)[C@@H]2COc3ccccc3C2)CC1. The summed E-state index contributed by atoms with van der Waals surface area (Å²) in [5.74, 6) is 1.77. The van der Waals surface area contributed by atoms with Gasteiger partial charge < -0.3 is 19.9 Å². The van der Waals surface area contributed by atoms with E-state index in [2.05, 4.69) is 27.1 Å². The predicted octanol–water partition coefficient (Wildman–Crippen LogP) is 1.70. The lowest BCUT2D eigenvalue weighted by Gasteiger charge is -2.34. The first-order valence-corrected chi connectivity index (χ1v) is 9.56. The van der Waals surface area contributed by atoms with E-state index in [0.717, 1.165) is 55.3 Å². The molecule has 0 radical (unpaired) electrons. The van der Waals surface area contributed by atoms with Gasteiger partial charge in [0, 0.05) is 44.5 Å². The fraction of sp³-hybridized carbons (Fsp3) is 0.429. The first kappa shape index (κ1) is 17.8. The number of nitrogens with zero attached hydrogens (tertiary/aromatic N) is 3. The molecule has 0 unspecified atom stereocenters. The number of hydrogen-bond donors (Lipinski definition) is 1. The molecule has 2 aliphatic rings. The molecule has 2 aromatic rings. The van der Waals surface area contributed by atoms with E-state index < -0.39 is 0 Å². The summed E-state index contributed by atoms with van der Waals surface area (Å²) in [5.41, 5.74) is 2.16. The number of aromatic nitrogens is 1. The molecule has 0 bridgehead atoms. The number of hydrogen-bond acceptors (Lipinski definition) is 5. The van der Waals surface area contributed by atoms with Crippen LogP contribution >= 0.6 is 0 Å². The molecule has 2 aliphatic heterocycles. The van der Waals surface area contributed by atoms with Crippen molar-refractivity contribution in [2.24, 2.45) is 5.92 Å². The number of ether oxygens (including phenoxy) is 1. The van der Waals surface area contributed by atoms with Gasteiger partial charge in [-0.15, -0.1) is 0 Å². The van der Waals surface area contributed by atoms with Gasteiger partial charge >= 0.3 is 0 Å². The zero-order chi connectivity index (χ0) is 18.6. The molecule has 0 spiro atoms. The molecule has 1 aromatic heterocycles. The highest BCUT2D eigenvalue weighted by Crippen LogP contribution is 2.27. The Labute approximate surface area is 160 Å². The standard InChI is InChI=1S/C21H26N4O2/c1-24-9-11-25(12-10-24)20-17(6-4-8-22-20)14-23-21(26)18-13-16-5-2-3-7-19(16)27-15-18/h2-8,18H,9-15H2,1H3,(H,23,26)/t18-/m0/s1. The van der Waals surface area contributed by atoms with Crippen molar-refractivity contribution >= 4 is 11.7 Å². The van der Waals surface area contributed by atoms with E-state index in [1.54, 1.807) is 0 Å². The van der Waals surface area contributed by atoms with Gasteiger partial charge in [0.25, 0.3) is 0 Å². The summed E-state index contributed by atoms with van der Waals surface area (Å²) in [6.45, 7) is 4.90. The number of fused-ring (bicyclic) bond motifs is 1. The van der Waals surface area contributed by atoms with Gasteiger partial charge in [0.1, 0.15) is 18.2 Å². The molecule has 6 heteroatoms. The normalized spacial score (nSPS) is 19.9. The van der Waals surface area contributed by atoms with Gasteiger partial charge in [0.15, 0.2) is 0 Å². The Morgan fingerprint density at radius 3 is 2.85 bits per heavy atom. The van der Waals surface area contributed by atoms with Crippen LogP contribution in [0.25, 0.3) is 0 Å². The molecule has 4 rings (SSSR count). The van der Waals surface area contributed by atoms with E-state index in [4.69, 9.17) is 4.74 Å². The number of likely N-dealkylation sites (N-methyl/N-ethyl adjacent to an activating group) is 1. The summed E-state index contributed by atoms with van der Waals surface area (Å²) in [7, 11) is 2.14. The van der Waals surface area contributed by atoms with Crippen LogP contribution in [0.3, 0.4) is 0 Å². The average Bonchev–Trinajstić information content (AvgIpc) is 2.72. The molecular formula is C21H26N4O2. The van der Waals surface area contributed by atoms with Crippen molar-refractivity contribution in [3.63, 3.8) is 0 Å². The number of rotatable bonds is 4. The highest BCUT2D eigenvalue weighted by atomic mass is 16.5. The smallest absolute Gasteiger partial charge is 0.227 e. The molecule has 1 amide bonds. The molecule has 1 aromatic carbocycles. The Balaban J connectivity index is 1.38. The number of pyridine rings is 1. The minimum atomic E-state index is -0.149. The second kappa shape index (κ2) is 7.96. The minimum absolute atomic E-state index is 0.0395. The van der Waals surface area contributed by atoms with Crippen molar-refractivity contribution in [2.45, 2.75) is 13.0 Å². The molecule has 1 N–H and O–H groups in total. The van der Waals surface area contributed by atoms with Crippen molar-refractivity contribution in [3.05, 3.63) is 53.7 Å². The Morgan fingerprint density at radius 2 is 2.00 bits per heavy atom. The van der Waals surface area contributed by atoms with Crippen LogP contribution in [0.15, 0.2) is 42.6 Å². The molecule has 142 valence electrons. The number of carbonyl (C=O) groups is 1. The summed E-state index contributed by atoms with van der Waals surface area (Å²) in [5, 5.41) is 3.09. The maximum absolute atomic E-state index is 12.7. The van der Waals surface area contributed by atoms with Crippen LogP contribution in [0.1, 0.15) is 11.1 Å². The molecule has 1 saturated heterocycles. The van der Waals surface area contributed by atoms with Gasteiger partial charge in [-0.05, 0) is 31.2 Å². The molecule has 0 aliphatic carbocycles. The molecular weight excluding hydrogens is 340 g/mol. The molecule has 3 heterocycles. The first-order chi connectivity index (χ1) is 13.2. The Kier molecular flexibility index (Phi) is 5.25. The second-order valence-corrected chi connectivity index (χ2v) is 7.31. The van der Waals surface area contributed by atoms with Gasteiger partial charge in [0.05, 0.1) is 5.92 Å². The topological polar surface area (TPSA) is 57.7 Å².